The Kier molecular flexibility index (Phi) is 7.60. The monoisotopic (exact) mass is 417 g/mol. The molecule has 31 heavy (non-hydrogen) atoms. The van der Waals surface area contributed by atoms with Crippen LogP contribution < -0.4 is 11.1 Å². The second-order valence-electron chi connectivity index (χ2n) is 8.08. The van der Waals surface area contributed by atoms with Crippen molar-refractivity contribution in [1.29, 1.82) is 10.8 Å². The van der Waals surface area contributed by atoms with Crippen molar-refractivity contribution in [1.82, 2.24) is 4.90 Å². The van der Waals surface area contributed by atoms with E-state index in [2.05, 4.69) is 24.4 Å². The highest BCUT2D eigenvalue weighted by Gasteiger charge is 2.31. The molecule has 6 nitrogen and oxygen atoms in total. The molecule has 0 aliphatic carbocycles. The van der Waals surface area contributed by atoms with Crippen LogP contribution in [0.2, 0.25) is 0 Å². The molecule has 3 rings (SSSR count). The molecular weight excluding hydrogens is 386 g/mol. The first-order valence-electron chi connectivity index (χ1n) is 10.7. The van der Waals surface area contributed by atoms with Crippen molar-refractivity contribution in [2.75, 3.05) is 18.4 Å². The van der Waals surface area contributed by atoms with Gasteiger partial charge in [-0.05, 0) is 48.9 Å². The van der Waals surface area contributed by atoms with E-state index in [0.717, 1.165) is 42.7 Å². The van der Waals surface area contributed by atoms with Crippen molar-refractivity contribution in [3.05, 3.63) is 71.4 Å². The minimum Gasteiger partial charge on any atom is -0.404 e. The smallest absolute Gasteiger partial charge is 0.223 e. The molecule has 1 aliphatic heterocycles. The second kappa shape index (κ2) is 10.6. The summed E-state index contributed by atoms with van der Waals surface area (Å²) in [6.07, 6.45) is 6.19. The molecule has 2 atom stereocenters. The summed E-state index contributed by atoms with van der Waals surface area (Å²) >= 11 is 0. The zero-order valence-corrected chi connectivity index (χ0v) is 18.0. The third-order valence-electron chi connectivity index (χ3n) is 5.91. The number of hydrogen-bond acceptors (Lipinski definition) is 5. The van der Waals surface area contributed by atoms with Gasteiger partial charge in [-0.3, -0.25) is 4.79 Å². The number of aryl methyl sites for hydroxylation is 1. The molecular formula is C25H31N5O. The maximum Gasteiger partial charge on any atom is 0.223 e. The maximum atomic E-state index is 12.7. The lowest BCUT2D eigenvalue weighted by Gasteiger charge is -2.21. The van der Waals surface area contributed by atoms with E-state index in [1.165, 1.54) is 24.2 Å². The van der Waals surface area contributed by atoms with E-state index >= 15 is 0 Å². The number of likely N-dealkylation sites (tertiary alicyclic amines) is 1. The van der Waals surface area contributed by atoms with Crippen LogP contribution in [0.15, 0.2) is 54.7 Å². The lowest BCUT2D eigenvalue weighted by Crippen LogP contribution is -2.34. The molecule has 162 valence electrons. The van der Waals surface area contributed by atoms with Crippen LogP contribution in [0, 0.1) is 16.7 Å². The van der Waals surface area contributed by atoms with E-state index in [9.17, 15) is 4.79 Å². The number of hydrogen-bond donors (Lipinski definition) is 4. The molecule has 1 heterocycles. The number of rotatable bonds is 9. The predicted octanol–water partition coefficient (Wildman–Crippen LogP) is 3.92. The van der Waals surface area contributed by atoms with Gasteiger partial charge in [0.1, 0.15) is 0 Å². The average molecular weight is 418 g/mol. The Bertz CT molecular complexity index is 954. The molecule has 2 unspecified atom stereocenters. The van der Waals surface area contributed by atoms with Gasteiger partial charge in [-0.2, -0.15) is 0 Å². The molecule has 1 fully saturated rings. The number of amides is 1. The van der Waals surface area contributed by atoms with Crippen molar-refractivity contribution in [2.45, 2.75) is 32.2 Å². The number of anilines is 1. The highest BCUT2D eigenvalue weighted by Crippen LogP contribution is 2.26. The Hall–Kier alpha value is -3.41. The van der Waals surface area contributed by atoms with Crippen LogP contribution in [0.25, 0.3) is 5.57 Å². The van der Waals surface area contributed by atoms with Crippen LogP contribution in [0.3, 0.4) is 0 Å². The zero-order valence-electron chi connectivity index (χ0n) is 18.0. The van der Waals surface area contributed by atoms with Crippen LogP contribution in [0.1, 0.15) is 36.5 Å². The minimum atomic E-state index is 0.219. The number of nitrogens with two attached hydrogens (primary N) is 1. The normalized spacial score (nSPS) is 18.6. The molecule has 0 saturated carbocycles. The van der Waals surface area contributed by atoms with Gasteiger partial charge in [0.15, 0.2) is 0 Å². The SMILES string of the molecule is CC1CC(CNc2ccc(/C(C=N)=C/N)cc2C=N)CN1C(=O)CCc1ccccc1. The summed E-state index contributed by atoms with van der Waals surface area (Å²) in [5.41, 5.74) is 9.82. The van der Waals surface area contributed by atoms with Gasteiger partial charge in [0, 0.05) is 61.0 Å². The maximum absolute atomic E-state index is 12.7. The lowest BCUT2D eigenvalue weighted by molar-refractivity contribution is -0.131. The Balaban J connectivity index is 1.56. The van der Waals surface area contributed by atoms with Gasteiger partial charge in [0.25, 0.3) is 0 Å². The van der Waals surface area contributed by atoms with Crippen LogP contribution in [0.5, 0.6) is 0 Å². The van der Waals surface area contributed by atoms with Gasteiger partial charge in [-0.15, -0.1) is 0 Å². The molecule has 1 amide bonds. The average Bonchev–Trinajstić information content (AvgIpc) is 3.18. The van der Waals surface area contributed by atoms with Crippen LogP contribution in [0.4, 0.5) is 5.69 Å². The Morgan fingerprint density at radius 1 is 1.23 bits per heavy atom. The van der Waals surface area contributed by atoms with Gasteiger partial charge in [0.2, 0.25) is 5.91 Å². The molecule has 6 heteroatoms. The summed E-state index contributed by atoms with van der Waals surface area (Å²) in [5, 5.41) is 18.6. The van der Waals surface area contributed by atoms with E-state index in [1.54, 1.807) is 0 Å². The number of allylic oxidation sites excluding steroid dienone is 1. The molecule has 5 N–H and O–H groups in total. The highest BCUT2D eigenvalue weighted by molar-refractivity contribution is 6.08. The molecule has 0 bridgehead atoms. The van der Waals surface area contributed by atoms with E-state index in [-0.39, 0.29) is 11.9 Å². The molecule has 1 aliphatic rings. The van der Waals surface area contributed by atoms with E-state index in [1.807, 2.05) is 41.3 Å². The molecule has 1 saturated heterocycles. The van der Waals surface area contributed by atoms with E-state index < -0.39 is 0 Å². The lowest BCUT2D eigenvalue weighted by atomic mass is 10.0. The van der Waals surface area contributed by atoms with Gasteiger partial charge >= 0.3 is 0 Å². The first kappa shape index (κ1) is 22.3. The quantitative estimate of drug-likeness (QED) is 0.465. The Morgan fingerprint density at radius 2 is 2.00 bits per heavy atom. The van der Waals surface area contributed by atoms with E-state index in [0.29, 0.717) is 17.9 Å². The fourth-order valence-corrected chi connectivity index (χ4v) is 4.18. The van der Waals surface area contributed by atoms with Crippen LogP contribution in [-0.4, -0.2) is 42.4 Å². The van der Waals surface area contributed by atoms with Crippen molar-refractivity contribution >= 4 is 29.6 Å². The van der Waals surface area contributed by atoms with Gasteiger partial charge in [-0.25, -0.2) is 0 Å². The first-order valence-corrected chi connectivity index (χ1v) is 10.7. The molecule has 2 aromatic rings. The third kappa shape index (κ3) is 5.60. The van der Waals surface area contributed by atoms with Crippen LogP contribution in [-0.2, 0) is 11.2 Å². The van der Waals surface area contributed by atoms with Crippen molar-refractivity contribution in [3.8, 4) is 0 Å². The number of nitrogens with one attached hydrogen (secondary N) is 3. The molecule has 2 aromatic carbocycles. The van der Waals surface area contributed by atoms with Gasteiger partial charge in [0.05, 0.1) is 0 Å². The number of nitrogens with zero attached hydrogens (tertiary/aromatic N) is 1. The minimum absolute atomic E-state index is 0.219. The van der Waals surface area contributed by atoms with Crippen molar-refractivity contribution in [2.24, 2.45) is 11.7 Å². The number of benzene rings is 2. The topological polar surface area (TPSA) is 106 Å². The summed E-state index contributed by atoms with van der Waals surface area (Å²) in [5.74, 6) is 0.589. The summed E-state index contributed by atoms with van der Waals surface area (Å²) in [7, 11) is 0. The standard InChI is InChI=1S/C25H31N5O/c1-18-11-20(17-30(18)25(31)10-7-19-5-3-2-4-6-19)16-29-24-9-8-21(12-22(24)13-26)23(14-27)15-28/h2-6,8-9,12-15,18,20,26-27,29H,7,10-11,16-17,28H2,1H3/b23-15+,26-13?,27-14?. The zero-order chi connectivity index (χ0) is 22.2. The summed E-state index contributed by atoms with van der Waals surface area (Å²) in [6.45, 7) is 3.63. The van der Waals surface area contributed by atoms with Crippen molar-refractivity contribution in [3.63, 3.8) is 0 Å². The molecule has 0 radical (unpaired) electrons. The number of carbonyl (C=O) groups is 1. The Morgan fingerprint density at radius 3 is 2.68 bits per heavy atom. The highest BCUT2D eigenvalue weighted by atomic mass is 16.2. The second-order valence-corrected chi connectivity index (χ2v) is 8.08. The van der Waals surface area contributed by atoms with Gasteiger partial charge in [-0.1, -0.05) is 36.4 Å². The summed E-state index contributed by atoms with van der Waals surface area (Å²) in [4.78, 5) is 14.8. The summed E-state index contributed by atoms with van der Waals surface area (Å²) < 4.78 is 0. The number of carbonyl (C=O) groups excluding carboxylic acids is 1. The van der Waals surface area contributed by atoms with Crippen molar-refractivity contribution < 1.29 is 4.79 Å². The molecule has 0 aromatic heterocycles. The third-order valence-corrected chi connectivity index (χ3v) is 5.91. The predicted molar refractivity (Wildman–Crippen MR) is 128 cm³/mol. The molecule has 0 spiro atoms. The fraction of sp³-hybridized carbons (Fsp3) is 0.320. The van der Waals surface area contributed by atoms with Crippen LogP contribution >= 0.6 is 0 Å². The summed E-state index contributed by atoms with van der Waals surface area (Å²) in [6, 6.07) is 16.0. The van der Waals surface area contributed by atoms with E-state index in [4.69, 9.17) is 16.6 Å². The first-order chi connectivity index (χ1) is 15.0. The Labute approximate surface area is 184 Å². The van der Waals surface area contributed by atoms with Gasteiger partial charge < -0.3 is 26.8 Å². The largest absolute Gasteiger partial charge is 0.404 e. The fourth-order valence-electron chi connectivity index (χ4n) is 4.18.